The van der Waals surface area contributed by atoms with Gasteiger partial charge in [-0.15, -0.1) is 0 Å². The van der Waals surface area contributed by atoms with Crippen LogP contribution < -0.4 is 4.90 Å². The van der Waals surface area contributed by atoms with E-state index >= 15 is 0 Å². The van der Waals surface area contributed by atoms with Crippen LogP contribution in [0.1, 0.15) is 23.2 Å². The Labute approximate surface area is 138 Å². The Bertz CT molecular complexity index is 516. The number of benzene rings is 1. The van der Waals surface area contributed by atoms with Gasteiger partial charge in [-0.3, -0.25) is 4.79 Å². The molecule has 0 bridgehead atoms. The van der Waals surface area contributed by atoms with Crippen molar-refractivity contribution in [3.05, 3.63) is 29.8 Å². The second-order valence-corrected chi connectivity index (χ2v) is 6.56. The highest BCUT2D eigenvalue weighted by molar-refractivity contribution is 5.94. The number of methoxy groups -OCH3 is 1. The number of nitrogens with zero attached hydrogens (tertiary/aromatic N) is 3. The normalized spacial score (nSPS) is 20.8. The highest BCUT2D eigenvalue weighted by atomic mass is 16.5. The molecule has 23 heavy (non-hydrogen) atoms. The highest BCUT2D eigenvalue weighted by Gasteiger charge is 2.23. The van der Waals surface area contributed by atoms with Crippen LogP contribution in [-0.4, -0.2) is 75.2 Å². The van der Waals surface area contributed by atoms with Gasteiger partial charge in [0, 0.05) is 57.6 Å². The molecule has 0 saturated carbocycles. The van der Waals surface area contributed by atoms with Crippen molar-refractivity contribution in [3.8, 4) is 0 Å². The van der Waals surface area contributed by atoms with Gasteiger partial charge in [-0.1, -0.05) is 0 Å². The molecular weight excluding hydrogens is 290 g/mol. The molecule has 2 heterocycles. The van der Waals surface area contributed by atoms with Crippen molar-refractivity contribution in [2.75, 3.05) is 58.3 Å². The molecule has 1 aromatic rings. The van der Waals surface area contributed by atoms with Gasteiger partial charge >= 0.3 is 0 Å². The number of amides is 1. The molecule has 1 aromatic carbocycles. The van der Waals surface area contributed by atoms with E-state index in [4.69, 9.17) is 4.74 Å². The Morgan fingerprint density at radius 3 is 2.17 bits per heavy atom. The second kappa shape index (κ2) is 7.32. The predicted molar refractivity (Wildman–Crippen MR) is 92.1 cm³/mol. The van der Waals surface area contributed by atoms with Gasteiger partial charge in [0.15, 0.2) is 0 Å². The summed E-state index contributed by atoms with van der Waals surface area (Å²) in [5, 5.41) is 0. The molecule has 0 aliphatic carbocycles. The van der Waals surface area contributed by atoms with Crippen LogP contribution in [0.2, 0.25) is 0 Å². The number of piperazine rings is 1. The number of hydrogen-bond donors (Lipinski definition) is 0. The van der Waals surface area contributed by atoms with Crippen LogP contribution in [0.4, 0.5) is 5.69 Å². The Morgan fingerprint density at radius 2 is 1.61 bits per heavy atom. The summed E-state index contributed by atoms with van der Waals surface area (Å²) in [6.45, 7) is 5.86. The maximum absolute atomic E-state index is 12.6. The van der Waals surface area contributed by atoms with Gasteiger partial charge in [0.05, 0.1) is 6.10 Å². The first-order valence-electron chi connectivity index (χ1n) is 8.53. The van der Waals surface area contributed by atoms with Crippen LogP contribution in [-0.2, 0) is 4.74 Å². The van der Waals surface area contributed by atoms with Crippen molar-refractivity contribution in [3.63, 3.8) is 0 Å². The molecule has 2 saturated heterocycles. The van der Waals surface area contributed by atoms with E-state index in [1.54, 1.807) is 7.11 Å². The van der Waals surface area contributed by atoms with Gasteiger partial charge in [-0.25, -0.2) is 0 Å². The van der Waals surface area contributed by atoms with Crippen molar-refractivity contribution in [1.82, 2.24) is 9.80 Å². The van der Waals surface area contributed by atoms with Crippen LogP contribution in [0, 0.1) is 0 Å². The maximum Gasteiger partial charge on any atom is 0.253 e. The molecule has 1 amide bonds. The van der Waals surface area contributed by atoms with E-state index in [1.807, 2.05) is 17.0 Å². The number of rotatable bonds is 3. The molecule has 0 aromatic heterocycles. The monoisotopic (exact) mass is 317 g/mol. The molecule has 0 radical (unpaired) electrons. The SMILES string of the molecule is COC1CCN(C(=O)c2ccc(N3CCN(C)CC3)cc2)CC1. The molecule has 0 unspecified atom stereocenters. The van der Waals surface area contributed by atoms with Crippen molar-refractivity contribution >= 4 is 11.6 Å². The Balaban J connectivity index is 1.59. The number of anilines is 1. The summed E-state index contributed by atoms with van der Waals surface area (Å²) in [5.41, 5.74) is 2.01. The average Bonchev–Trinajstić information content (AvgIpc) is 2.62. The molecular formula is C18H27N3O2. The topological polar surface area (TPSA) is 36.0 Å². The van der Waals surface area contributed by atoms with Crippen LogP contribution in [0.15, 0.2) is 24.3 Å². The zero-order valence-electron chi connectivity index (χ0n) is 14.2. The van der Waals surface area contributed by atoms with Gasteiger partial charge in [0.2, 0.25) is 0 Å². The fourth-order valence-electron chi connectivity index (χ4n) is 3.36. The van der Waals surface area contributed by atoms with E-state index < -0.39 is 0 Å². The number of carbonyl (C=O) groups excluding carboxylic acids is 1. The maximum atomic E-state index is 12.6. The summed E-state index contributed by atoms with van der Waals surface area (Å²) in [6.07, 6.45) is 2.17. The lowest BCUT2D eigenvalue weighted by Crippen LogP contribution is -2.44. The number of carbonyl (C=O) groups is 1. The quantitative estimate of drug-likeness (QED) is 0.850. The molecule has 0 N–H and O–H groups in total. The molecule has 2 aliphatic rings. The lowest BCUT2D eigenvalue weighted by atomic mass is 10.1. The summed E-state index contributed by atoms with van der Waals surface area (Å²) in [4.78, 5) is 19.3. The minimum absolute atomic E-state index is 0.143. The van der Waals surface area contributed by atoms with Crippen LogP contribution in [0.25, 0.3) is 0 Å². The van der Waals surface area contributed by atoms with Crippen LogP contribution >= 0.6 is 0 Å². The zero-order valence-corrected chi connectivity index (χ0v) is 14.2. The van der Waals surface area contributed by atoms with Gasteiger partial charge in [-0.05, 0) is 44.2 Å². The van der Waals surface area contributed by atoms with E-state index in [1.165, 1.54) is 5.69 Å². The molecule has 0 atom stereocenters. The molecule has 2 fully saturated rings. The number of piperidine rings is 1. The van der Waals surface area contributed by atoms with Crippen molar-refractivity contribution in [1.29, 1.82) is 0 Å². The Morgan fingerprint density at radius 1 is 1.00 bits per heavy atom. The summed E-state index contributed by atoms with van der Waals surface area (Å²) in [6, 6.07) is 8.11. The van der Waals surface area contributed by atoms with Gasteiger partial charge in [-0.2, -0.15) is 0 Å². The van der Waals surface area contributed by atoms with E-state index in [2.05, 4.69) is 29.0 Å². The van der Waals surface area contributed by atoms with E-state index in [0.29, 0.717) is 6.10 Å². The number of ether oxygens (including phenoxy) is 1. The fourth-order valence-corrected chi connectivity index (χ4v) is 3.36. The number of hydrogen-bond acceptors (Lipinski definition) is 4. The molecule has 3 rings (SSSR count). The predicted octanol–water partition coefficient (Wildman–Crippen LogP) is 1.69. The summed E-state index contributed by atoms with van der Waals surface area (Å²) in [7, 11) is 3.91. The van der Waals surface area contributed by atoms with E-state index in [-0.39, 0.29) is 5.91 Å². The minimum atomic E-state index is 0.143. The third kappa shape index (κ3) is 3.85. The molecule has 2 aliphatic heterocycles. The van der Waals surface area contributed by atoms with Gasteiger partial charge in [0.1, 0.15) is 0 Å². The molecule has 5 heteroatoms. The molecule has 5 nitrogen and oxygen atoms in total. The minimum Gasteiger partial charge on any atom is -0.381 e. The Kier molecular flexibility index (Phi) is 5.18. The first-order chi connectivity index (χ1) is 11.2. The van der Waals surface area contributed by atoms with Crippen molar-refractivity contribution < 1.29 is 9.53 Å². The lowest BCUT2D eigenvalue weighted by molar-refractivity contribution is 0.0351. The zero-order chi connectivity index (χ0) is 16.2. The number of likely N-dealkylation sites (N-methyl/N-ethyl adjacent to an activating group) is 1. The second-order valence-electron chi connectivity index (χ2n) is 6.56. The van der Waals surface area contributed by atoms with E-state index in [9.17, 15) is 4.79 Å². The molecule has 0 spiro atoms. The molecule has 126 valence electrons. The largest absolute Gasteiger partial charge is 0.381 e. The fraction of sp³-hybridized carbons (Fsp3) is 0.611. The summed E-state index contributed by atoms with van der Waals surface area (Å²) >= 11 is 0. The van der Waals surface area contributed by atoms with Gasteiger partial charge in [0.25, 0.3) is 5.91 Å². The third-order valence-electron chi connectivity index (χ3n) is 5.05. The average molecular weight is 317 g/mol. The first kappa shape index (κ1) is 16.3. The standard InChI is InChI=1S/C18H27N3O2/c1-19-11-13-20(14-12-19)16-5-3-15(4-6-16)18(22)21-9-7-17(23-2)8-10-21/h3-6,17H,7-14H2,1-2H3. The first-order valence-corrected chi connectivity index (χ1v) is 8.53. The van der Waals surface area contributed by atoms with Crippen LogP contribution in [0.5, 0.6) is 0 Å². The summed E-state index contributed by atoms with van der Waals surface area (Å²) in [5.74, 6) is 0.143. The van der Waals surface area contributed by atoms with E-state index in [0.717, 1.165) is 57.7 Å². The highest BCUT2D eigenvalue weighted by Crippen LogP contribution is 2.20. The van der Waals surface area contributed by atoms with Crippen molar-refractivity contribution in [2.45, 2.75) is 18.9 Å². The van der Waals surface area contributed by atoms with Gasteiger partial charge < -0.3 is 19.4 Å². The number of likely N-dealkylation sites (tertiary alicyclic amines) is 1. The van der Waals surface area contributed by atoms with Crippen molar-refractivity contribution in [2.24, 2.45) is 0 Å². The van der Waals surface area contributed by atoms with Crippen LogP contribution in [0.3, 0.4) is 0 Å². The lowest BCUT2D eigenvalue weighted by Gasteiger charge is -2.34. The smallest absolute Gasteiger partial charge is 0.253 e. The summed E-state index contributed by atoms with van der Waals surface area (Å²) < 4.78 is 5.37. The third-order valence-corrected chi connectivity index (χ3v) is 5.05. The Hall–Kier alpha value is -1.59.